The van der Waals surface area contributed by atoms with Crippen molar-refractivity contribution in [3.8, 4) is 0 Å². The van der Waals surface area contributed by atoms with Crippen molar-refractivity contribution >= 4 is 24.4 Å². The molecule has 0 aliphatic heterocycles. The van der Waals surface area contributed by atoms with E-state index in [1.165, 1.54) is 0 Å². The largest absolute Gasteiger partial charge is 0.368 e. The van der Waals surface area contributed by atoms with Gasteiger partial charge in [-0.1, -0.05) is 13.8 Å². The molecule has 5 nitrogen and oxygen atoms in total. The second-order valence-corrected chi connectivity index (χ2v) is 5.40. The Morgan fingerprint density at radius 3 is 2.13 bits per heavy atom. The predicted molar refractivity (Wildman–Crippen MR) is 62.2 cm³/mol. The van der Waals surface area contributed by atoms with Gasteiger partial charge in [-0.15, -0.1) is 0 Å². The Bertz CT molecular complexity index is 264. The maximum absolute atomic E-state index is 11.6. The van der Waals surface area contributed by atoms with Crippen molar-refractivity contribution < 1.29 is 9.59 Å². The van der Waals surface area contributed by atoms with Gasteiger partial charge in [-0.25, -0.2) is 0 Å². The number of nitrogens with two attached hydrogens (primary N) is 2. The van der Waals surface area contributed by atoms with Crippen LogP contribution < -0.4 is 16.8 Å². The van der Waals surface area contributed by atoms with E-state index in [1.54, 1.807) is 20.8 Å². The molecule has 0 rings (SSSR count). The molecule has 0 aromatic heterocycles. The van der Waals surface area contributed by atoms with E-state index in [1.807, 2.05) is 0 Å². The molecule has 0 radical (unpaired) electrons. The molecule has 5 N–H and O–H groups in total. The third-order valence-corrected chi connectivity index (χ3v) is 2.57. The van der Waals surface area contributed by atoms with Crippen LogP contribution in [0.4, 0.5) is 0 Å². The average molecular weight is 233 g/mol. The normalized spacial score (nSPS) is 15.5. The number of hydrogen-bond donors (Lipinski definition) is 4. The molecule has 1 atom stereocenters. The van der Waals surface area contributed by atoms with Crippen molar-refractivity contribution in [1.29, 1.82) is 0 Å². The summed E-state index contributed by atoms with van der Waals surface area (Å²) in [5.41, 5.74) is 9.66. The minimum absolute atomic E-state index is 0.0715. The lowest BCUT2D eigenvalue weighted by molar-refractivity contribution is -0.130. The van der Waals surface area contributed by atoms with Crippen molar-refractivity contribution in [2.75, 3.05) is 6.67 Å². The van der Waals surface area contributed by atoms with Gasteiger partial charge in [0.2, 0.25) is 11.8 Å². The van der Waals surface area contributed by atoms with Crippen LogP contribution >= 0.6 is 12.6 Å². The molecule has 6 heteroatoms. The molecular formula is C9H19N3O2S. The third kappa shape index (κ3) is 4.09. The Labute approximate surface area is 95.4 Å². The number of hydrogen-bond acceptors (Lipinski definition) is 4. The van der Waals surface area contributed by atoms with Crippen molar-refractivity contribution in [1.82, 2.24) is 5.32 Å². The molecule has 0 saturated heterocycles. The fourth-order valence-electron chi connectivity index (χ4n) is 1.36. The average Bonchev–Trinajstić information content (AvgIpc) is 2.02. The lowest BCUT2D eigenvalue weighted by Gasteiger charge is -2.30. The number of rotatable bonds is 5. The summed E-state index contributed by atoms with van der Waals surface area (Å²) < 4.78 is -1.00. The highest BCUT2D eigenvalue weighted by atomic mass is 32.1. The second kappa shape index (κ2) is 4.85. The van der Waals surface area contributed by atoms with Crippen LogP contribution in [0.15, 0.2) is 0 Å². The lowest BCUT2D eigenvalue weighted by Crippen LogP contribution is -2.46. The van der Waals surface area contributed by atoms with Crippen LogP contribution in [0, 0.1) is 5.41 Å². The van der Waals surface area contributed by atoms with Gasteiger partial charge in [0.1, 0.15) is 0 Å². The molecule has 0 aromatic carbocycles. The van der Waals surface area contributed by atoms with Gasteiger partial charge >= 0.3 is 0 Å². The molecule has 0 saturated carbocycles. The van der Waals surface area contributed by atoms with Crippen molar-refractivity contribution in [2.45, 2.75) is 31.9 Å². The number of carbonyl (C=O) groups is 2. The van der Waals surface area contributed by atoms with Gasteiger partial charge in [-0.3, -0.25) is 9.59 Å². The van der Waals surface area contributed by atoms with Crippen LogP contribution in [0.25, 0.3) is 0 Å². The van der Waals surface area contributed by atoms with Gasteiger partial charge in [0.05, 0.1) is 11.4 Å². The number of primary amides is 1. The molecule has 0 aliphatic rings. The summed E-state index contributed by atoms with van der Waals surface area (Å²) in [4.78, 5) is 22.7. The summed E-state index contributed by atoms with van der Waals surface area (Å²) in [7, 11) is 0. The Balaban J connectivity index is 4.63. The highest BCUT2D eigenvalue weighted by molar-refractivity contribution is 7.82. The van der Waals surface area contributed by atoms with E-state index in [0.717, 1.165) is 0 Å². The Morgan fingerprint density at radius 2 is 1.80 bits per heavy atom. The Hall–Kier alpha value is -0.750. The Morgan fingerprint density at radius 1 is 1.33 bits per heavy atom. The molecular weight excluding hydrogens is 214 g/mol. The van der Waals surface area contributed by atoms with Crippen LogP contribution in [0.1, 0.15) is 27.2 Å². The quantitative estimate of drug-likeness (QED) is 0.384. The number of nitrogens with one attached hydrogen (secondary N) is 1. The molecule has 0 bridgehead atoms. The standard InChI is InChI=1S/C9H19N3O2S/c1-8(2,7(14)12-5-10)4-9(3,15)6(11)13/h15H,4-5,10H2,1-3H3,(H2,11,13)(H,12,14). The molecule has 0 fully saturated rings. The van der Waals surface area contributed by atoms with Gasteiger partial charge in [0.15, 0.2) is 0 Å². The first kappa shape index (κ1) is 14.2. The monoisotopic (exact) mass is 233 g/mol. The predicted octanol–water partition coefficient (Wildman–Crippen LogP) is -0.391. The molecule has 0 spiro atoms. The lowest BCUT2D eigenvalue weighted by atomic mass is 9.81. The first-order valence-electron chi connectivity index (χ1n) is 4.64. The van der Waals surface area contributed by atoms with E-state index in [0.29, 0.717) is 0 Å². The van der Waals surface area contributed by atoms with E-state index in [2.05, 4.69) is 17.9 Å². The van der Waals surface area contributed by atoms with E-state index < -0.39 is 16.1 Å². The van der Waals surface area contributed by atoms with E-state index in [-0.39, 0.29) is 19.0 Å². The fraction of sp³-hybridized carbons (Fsp3) is 0.778. The maximum atomic E-state index is 11.6. The summed E-state index contributed by atoms with van der Waals surface area (Å²) in [6, 6.07) is 0. The zero-order valence-corrected chi connectivity index (χ0v) is 10.2. The summed E-state index contributed by atoms with van der Waals surface area (Å²) in [6.07, 6.45) is 0.254. The number of amides is 2. The minimum atomic E-state index is -1.00. The van der Waals surface area contributed by atoms with Crippen molar-refractivity contribution in [3.05, 3.63) is 0 Å². The zero-order chi connectivity index (χ0) is 12.3. The SMILES string of the molecule is CC(C)(CC(C)(S)C(N)=O)C(=O)NCN. The molecule has 2 amide bonds. The van der Waals surface area contributed by atoms with Crippen molar-refractivity contribution in [2.24, 2.45) is 16.9 Å². The molecule has 15 heavy (non-hydrogen) atoms. The fourth-order valence-corrected chi connectivity index (χ4v) is 1.76. The summed E-state index contributed by atoms with van der Waals surface area (Å²) >= 11 is 4.15. The van der Waals surface area contributed by atoms with E-state index in [9.17, 15) is 9.59 Å². The molecule has 0 aromatic rings. The number of carbonyl (C=O) groups excluding carboxylic acids is 2. The maximum Gasteiger partial charge on any atom is 0.233 e. The molecule has 88 valence electrons. The van der Waals surface area contributed by atoms with Gasteiger partial charge in [-0.05, 0) is 13.3 Å². The van der Waals surface area contributed by atoms with Crippen LogP contribution in [-0.2, 0) is 9.59 Å². The van der Waals surface area contributed by atoms with Crippen molar-refractivity contribution in [3.63, 3.8) is 0 Å². The summed E-state index contributed by atoms with van der Waals surface area (Å²) in [5.74, 6) is -0.758. The van der Waals surface area contributed by atoms with Gasteiger partial charge < -0.3 is 16.8 Å². The zero-order valence-electron chi connectivity index (χ0n) is 9.33. The minimum Gasteiger partial charge on any atom is -0.368 e. The summed E-state index contributed by atoms with van der Waals surface area (Å²) in [5, 5.41) is 2.50. The van der Waals surface area contributed by atoms with E-state index >= 15 is 0 Å². The first-order chi connectivity index (χ1) is 6.63. The third-order valence-electron chi connectivity index (χ3n) is 2.19. The van der Waals surface area contributed by atoms with Crippen LogP contribution in [0.5, 0.6) is 0 Å². The van der Waals surface area contributed by atoms with Crippen LogP contribution in [0.3, 0.4) is 0 Å². The molecule has 0 heterocycles. The highest BCUT2D eigenvalue weighted by Gasteiger charge is 2.38. The first-order valence-corrected chi connectivity index (χ1v) is 5.09. The molecule has 0 aliphatic carbocycles. The summed E-state index contributed by atoms with van der Waals surface area (Å²) in [6.45, 7) is 5.10. The van der Waals surface area contributed by atoms with Crippen LogP contribution in [0.2, 0.25) is 0 Å². The van der Waals surface area contributed by atoms with Crippen LogP contribution in [-0.4, -0.2) is 23.2 Å². The number of thiol groups is 1. The molecule has 1 unspecified atom stereocenters. The smallest absolute Gasteiger partial charge is 0.233 e. The van der Waals surface area contributed by atoms with E-state index in [4.69, 9.17) is 11.5 Å². The van der Waals surface area contributed by atoms with Gasteiger partial charge in [0, 0.05) is 5.41 Å². The Kier molecular flexibility index (Phi) is 4.61. The second-order valence-electron chi connectivity index (χ2n) is 4.41. The topological polar surface area (TPSA) is 98.2 Å². The highest BCUT2D eigenvalue weighted by Crippen LogP contribution is 2.32. The van der Waals surface area contributed by atoms with Gasteiger partial charge in [-0.2, -0.15) is 12.6 Å². The van der Waals surface area contributed by atoms with Gasteiger partial charge in [0.25, 0.3) is 0 Å².